The van der Waals surface area contributed by atoms with Crippen LogP contribution in [0.4, 0.5) is 0 Å². The third kappa shape index (κ3) is 1.88. The molecule has 0 aliphatic heterocycles. The van der Waals surface area contributed by atoms with Crippen molar-refractivity contribution in [2.24, 2.45) is 0 Å². The Morgan fingerprint density at radius 2 is 2.32 bits per heavy atom. The van der Waals surface area contributed by atoms with Gasteiger partial charge in [0.05, 0.1) is 11.3 Å². The molecule has 19 heavy (non-hydrogen) atoms. The summed E-state index contributed by atoms with van der Waals surface area (Å²) in [5, 5.41) is 13.1. The van der Waals surface area contributed by atoms with E-state index in [1.807, 2.05) is 6.92 Å². The molecule has 0 fully saturated rings. The van der Waals surface area contributed by atoms with E-state index in [4.69, 9.17) is 9.52 Å². The van der Waals surface area contributed by atoms with E-state index in [2.05, 4.69) is 14.6 Å². The Bertz CT molecular complexity index is 763. The Morgan fingerprint density at radius 1 is 1.47 bits per heavy atom. The lowest BCUT2D eigenvalue weighted by Crippen LogP contribution is -1.96. The Labute approximate surface area is 111 Å². The number of oxazole rings is 1. The maximum atomic E-state index is 11.1. The molecule has 1 N–H and O–H groups in total. The summed E-state index contributed by atoms with van der Waals surface area (Å²) in [5.41, 5.74) is 1.72. The van der Waals surface area contributed by atoms with Gasteiger partial charge in [-0.15, -0.1) is 5.10 Å². The third-order valence-electron chi connectivity index (χ3n) is 2.73. The number of carboxylic acids is 1. The van der Waals surface area contributed by atoms with E-state index in [9.17, 15) is 4.79 Å². The molecule has 0 saturated heterocycles. The van der Waals surface area contributed by atoms with Crippen molar-refractivity contribution in [2.75, 3.05) is 0 Å². The van der Waals surface area contributed by atoms with Crippen molar-refractivity contribution in [2.45, 2.75) is 13.3 Å². The molecule has 0 aliphatic carbocycles. The smallest absolute Gasteiger partial charge is 0.338 e. The van der Waals surface area contributed by atoms with Crippen LogP contribution in [0.1, 0.15) is 23.0 Å². The molecule has 0 unspecified atom stereocenters. The first kappa shape index (κ1) is 11.8. The summed E-state index contributed by atoms with van der Waals surface area (Å²) in [5.74, 6) is -0.654. The van der Waals surface area contributed by atoms with Gasteiger partial charge in [-0.1, -0.05) is 17.5 Å². The number of carbonyl (C=O) groups is 1. The fourth-order valence-corrected chi connectivity index (χ4v) is 2.50. The summed E-state index contributed by atoms with van der Waals surface area (Å²) in [6, 6.07) is 4.83. The van der Waals surface area contributed by atoms with Crippen molar-refractivity contribution in [3.05, 3.63) is 29.5 Å². The standard InChI is InChI=1S/C12H9N3O3S/c1-2-7-10(19-15-14-7)11-13-9-6(12(16)17)4-3-5-8(9)18-11/h3-5H,2H2,1H3,(H,16,17). The molecule has 2 heterocycles. The Hall–Kier alpha value is -2.28. The van der Waals surface area contributed by atoms with Crippen LogP contribution in [0.2, 0.25) is 0 Å². The second kappa shape index (κ2) is 4.43. The summed E-state index contributed by atoms with van der Waals surface area (Å²) < 4.78 is 9.47. The number of hydrogen-bond acceptors (Lipinski definition) is 6. The summed E-state index contributed by atoms with van der Waals surface area (Å²) in [7, 11) is 0. The number of para-hydroxylation sites is 1. The molecule has 6 nitrogen and oxygen atoms in total. The number of nitrogens with zero attached hydrogens (tertiary/aromatic N) is 3. The highest BCUT2D eigenvalue weighted by Crippen LogP contribution is 2.30. The van der Waals surface area contributed by atoms with E-state index < -0.39 is 5.97 Å². The molecule has 0 aliphatic rings. The summed E-state index contributed by atoms with van der Waals surface area (Å²) >= 11 is 1.19. The van der Waals surface area contributed by atoms with Crippen molar-refractivity contribution >= 4 is 28.6 Å². The zero-order valence-electron chi connectivity index (χ0n) is 9.95. The minimum atomic E-state index is -1.02. The van der Waals surface area contributed by atoms with Crippen LogP contribution in [0.25, 0.3) is 21.9 Å². The predicted octanol–water partition coefficient (Wildman–Crippen LogP) is 2.61. The van der Waals surface area contributed by atoms with Crippen LogP contribution < -0.4 is 0 Å². The lowest BCUT2D eigenvalue weighted by atomic mass is 10.2. The number of aromatic carboxylic acids is 1. The maximum absolute atomic E-state index is 11.1. The van der Waals surface area contributed by atoms with E-state index in [-0.39, 0.29) is 5.56 Å². The second-order valence-corrected chi connectivity index (χ2v) is 4.63. The average molecular weight is 275 g/mol. The molecule has 3 aromatic rings. The van der Waals surface area contributed by atoms with Crippen LogP contribution in [0, 0.1) is 0 Å². The molecule has 7 heteroatoms. The monoisotopic (exact) mass is 275 g/mol. The van der Waals surface area contributed by atoms with E-state index in [0.29, 0.717) is 17.0 Å². The molecule has 3 rings (SSSR count). The zero-order valence-corrected chi connectivity index (χ0v) is 10.8. The van der Waals surface area contributed by atoms with Crippen LogP contribution in [-0.4, -0.2) is 25.6 Å². The molecule has 0 amide bonds. The first-order chi connectivity index (χ1) is 9.20. The van der Waals surface area contributed by atoms with Gasteiger partial charge in [-0.25, -0.2) is 9.78 Å². The molecule has 0 radical (unpaired) electrons. The number of aromatic nitrogens is 3. The number of fused-ring (bicyclic) bond motifs is 1. The van der Waals surface area contributed by atoms with Gasteiger partial charge >= 0.3 is 5.97 Å². The van der Waals surface area contributed by atoms with Crippen LogP contribution in [0.3, 0.4) is 0 Å². The lowest BCUT2D eigenvalue weighted by Gasteiger charge is -1.92. The van der Waals surface area contributed by atoms with E-state index in [1.165, 1.54) is 17.6 Å². The largest absolute Gasteiger partial charge is 0.478 e. The molecule has 0 bridgehead atoms. The summed E-state index contributed by atoms with van der Waals surface area (Å²) in [6.07, 6.45) is 0.719. The normalized spacial score (nSPS) is 11.0. The van der Waals surface area contributed by atoms with E-state index in [1.54, 1.807) is 12.1 Å². The Balaban J connectivity index is 2.22. The van der Waals surface area contributed by atoms with Gasteiger partial charge < -0.3 is 9.52 Å². The van der Waals surface area contributed by atoms with Crippen LogP contribution in [0.5, 0.6) is 0 Å². The third-order valence-corrected chi connectivity index (χ3v) is 3.49. The van der Waals surface area contributed by atoms with Crippen LogP contribution >= 0.6 is 11.5 Å². The van der Waals surface area contributed by atoms with E-state index in [0.717, 1.165) is 17.0 Å². The Kier molecular flexibility index (Phi) is 2.75. The maximum Gasteiger partial charge on any atom is 0.338 e. The van der Waals surface area contributed by atoms with Gasteiger partial charge in [-0.3, -0.25) is 0 Å². The molecule has 96 valence electrons. The van der Waals surface area contributed by atoms with Gasteiger partial charge in [0.25, 0.3) is 0 Å². The zero-order chi connectivity index (χ0) is 13.4. The quantitative estimate of drug-likeness (QED) is 0.790. The molecule has 0 spiro atoms. The fraction of sp³-hybridized carbons (Fsp3) is 0.167. The van der Waals surface area contributed by atoms with Gasteiger partial charge in [0, 0.05) is 0 Å². The summed E-state index contributed by atoms with van der Waals surface area (Å²) in [4.78, 5) is 16.1. The highest BCUT2D eigenvalue weighted by Gasteiger charge is 2.18. The van der Waals surface area contributed by atoms with Gasteiger partial charge in [-0.2, -0.15) is 0 Å². The minimum absolute atomic E-state index is 0.128. The fourth-order valence-electron chi connectivity index (χ4n) is 1.82. The topological polar surface area (TPSA) is 89.1 Å². The first-order valence-corrected chi connectivity index (χ1v) is 6.42. The average Bonchev–Trinajstić information content (AvgIpc) is 3.03. The van der Waals surface area contributed by atoms with Gasteiger partial charge in [0.2, 0.25) is 5.89 Å². The van der Waals surface area contributed by atoms with Crippen molar-refractivity contribution in [3.63, 3.8) is 0 Å². The van der Waals surface area contributed by atoms with E-state index >= 15 is 0 Å². The van der Waals surface area contributed by atoms with Gasteiger partial charge in [0.1, 0.15) is 10.4 Å². The molecule has 0 atom stereocenters. The Morgan fingerprint density at radius 3 is 3.05 bits per heavy atom. The second-order valence-electron chi connectivity index (χ2n) is 3.88. The number of hydrogen-bond donors (Lipinski definition) is 1. The van der Waals surface area contributed by atoms with Crippen LogP contribution in [0.15, 0.2) is 22.6 Å². The molecular formula is C12H9N3O3S. The van der Waals surface area contributed by atoms with Gasteiger partial charge in [0.15, 0.2) is 5.58 Å². The number of rotatable bonds is 3. The SMILES string of the molecule is CCc1nnsc1-c1nc2c(C(=O)O)cccc2o1. The van der Waals surface area contributed by atoms with Crippen molar-refractivity contribution in [1.82, 2.24) is 14.6 Å². The molecule has 0 saturated carbocycles. The van der Waals surface area contributed by atoms with Crippen LogP contribution in [-0.2, 0) is 6.42 Å². The minimum Gasteiger partial charge on any atom is -0.478 e. The summed E-state index contributed by atoms with van der Waals surface area (Å²) in [6.45, 7) is 1.96. The van der Waals surface area contributed by atoms with Gasteiger partial charge in [-0.05, 0) is 30.1 Å². The number of aryl methyl sites for hydroxylation is 1. The lowest BCUT2D eigenvalue weighted by molar-refractivity contribution is 0.0699. The van der Waals surface area contributed by atoms with Crippen molar-refractivity contribution < 1.29 is 14.3 Å². The highest BCUT2D eigenvalue weighted by molar-refractivity contribution is 7.09. The highest BCUT2D eigenvalue weighted by atomic mass is 32.1. The first-order valence-electron chi connectivity index (χ1n) is 5.65. The number of carboxylic acid groups (broad SMARTS) is 1. The predicted molar refractivity (Wildman–Crippen MR) is 69.2 cm³/mol. The molecule has 2 aromatic heterocycles. The number of benzene rings is 1. The van der Waals surface area contributed by atoms with Crippen molar-refractivity contribution in [1.29, 1.82) is 0 Å². The molecular weight excluding hydrogens is 266 g/mol. The van der Waals surface area contributed by atoms with Crippen molar-refractivity contribution in [3.8, 4) is 10.8 Å². The molecule has 1 aromatic carbocycles.